The molecule has 1 heterocycles. The SMILES string of the molecule is CC.Nc1ccccc1COc1cccnc1N. The van der Waals surface area contributed by atoms with E-state index in [1.165, 1.54) is 0 Å². The molecule has 4 nitrogen and oxygen atoms in total. The molecule has 0 saturated heterocycles. The maximum atomic E-state index is 5.80. The molecule has 0 bridgehead atoms. The number of aromatic nitrogens is 1. The summed E-state index contributed by atoms with van der Waals surface area (Å²) in [7, 11) is 0. The van der Waals surface area contributed by atoms with Crippen molar-refractivity contribution in [2.75, 3.05) is 11.5 Å². The minimum absolute atomic E-state index is 0.386. The third-order valence-electron chi connectivity index (χ3n) is 2.24. The Bertz CT molecular complexity index is 440. The van der Waals surface area contributed by atoms with Gasteiger partial charge in [-0.25, -0.2) is 4.98 Å². The van der Waals surface area contributed by atoms with Crippen LogP contribution in [-0.4, -0.2) is 4.98 Å². The third-order valence-corrected chi connectivity index (χ3v) is 2.24. The molecule has 0 atom stereocenters. The quantitative estimate of drug-likeness (QED) is 0.815. The minimum atomic E-state index is 0.386. The van der Waals surface area contributed by atoms with Crippen molar-refractivity contribution in [1.82, 2.24) is 4.98 Å². The van der Waals surface area contributed by atoms with Crippen molar-refractivity contribution in [1.29, 1.82) is 0 Å². The molecule has 0 radical (unpaired) electrons. The lowest BCUT2D eigenvalue weighted by molar-refractivity contribution is 0.307. The predicted octanol–water partition coefficient (Wildman–Crippen LogP) is 2.85. The molecule has 0 unspecified atom stereocenters. The summed E-state index contributed by atoms with van der Waals surface area (Å²) in [4.78, 5) is 3.94. The molecule has 0 amide bonds. The first-order chi connectivity index (χ1) is 8.77. The van der Waals surface area contributed by atoms with Gasteiger partial charge in [0.05, 0.1) is 0 Å². The van der Waals surface area contributed by atoms with Crippen molar-refractivity contribution in [2.45, 2.75) is 20.5 Å². The zero-order chi connectivity index (χ0) is 13.4. The number of benzene rings is 1. The first-order valence-electron chi connectivity index (χ1n) is 5.94. The molecule has 96 valence electrons. The van der Waals surface area contributed by atoms with E-state index in [-0.39, 0.29) is 0 Å². The number of nitrogens with two attached hydrogens (primary N) is 2. The number of ether oxygens (including phenoxy) is 1. The Hall–Kier alpha value is -2.23. The maximum absolute atomic E-state index is 5.80. The van der Waals surface area contributed by atoms with Gasteiger partial charge in [-0.3, -0.25) is 0 Å². The van der Waals surface area contributed by atoms with Gasteiger partial charge in [0, 0.05) is 17.4 Å². The molecule has 4 N–H and O–H groups in total. The van der Waals surface area contributed by atoms with Crippen LogP contribution in [0.2, 0.25) is 0 Å². The lowest BCUT2D eigenvalue weighted by Gasteiger charge is -2.09. The standard InChI is InChI=1S/C12H13N3O.C2H6/c13-10-5-2-1-4-9(10)8-16-11-6-3-7-15-12(11)14;1-2/h1-7H,8,13H2,(H2,14,15);1-2H3. The Morgan fingerprint density at radius 2 is 1.78 bits per heavy atom. The Morgan fingerprint density at radius 3 is 2.44 bits per heavy atom. The van der Waals surface area contributed by atoms with E-state index in [2.05, 4.69) is 4.98 Å². The van der Waals surface area contributed by atoms with E-state index >= 15 is 0 Å². The van der Waals surface area contributed by atoms with Crippen LogP contribution in [-0.2, 0) is 6.61 Å². The lowest BCUT2D eigenvalue weighted by atomic mass is 10.2. The summed E-state index contributed by atoms with van der Waals surface area (Å²) >= 11 is 0. The van der Waals surface area contributed by atoms with Crippen LogP contribution in [0.5, 0.6) is 5.75 Å². The van der Waals surface area contributed by atoms with Gasteiger partial charge >= 0.3 is 0 Å². The minimum Gasteiger partial charge on any atom is -0.485 e. The van der Waals surface area contributed by atoms with Crippen molar-refractivity contribution in [3.63, 3.8) is 0 Å². The average molecular weight is 245 g/mol. The Labute approximate surface area is 108 Å². The van der Waals surface area contributed by atoms with Gasteiger partial charge in [0.25, 0.3) is 0 Å². The molecule has 0 aliphatic carbocycles. The first kappa shape index (κ1) is 13.8. The number of nitrogens with zero attached hydrogens (tertiary/aromatic N) is 1. The smallest absolute Gasteiger partial charge is 0.166 e. The fraction of sp³-hybridized carbons (Fsp3) is 0.214. The van der Waals surface area contributed by atoms with Crippen LogP contribution in [0.3, 0.4) is 0 Å². The molecular formula is C14H19N3O. The second-order valence-electron chi connectivity index (χ2n) is 3.37. The molecule has 18 heavy (non-hydrogen) atoms. The van der Waals surface area contributed by atoms with Gasteiger partial charge in [0.2, 0.25) is 0 Å². The van der Waals surface area contributed by atoms with Crippen molar-refractivity contribution >= 4 is 11.5 Å². The summed E-state index contributed by atoms with van der Waals surface area (Å²) in [5, 5.41) is 0. The first-order valence-corrected chi connectivity index (χ1v) is 5.94. The van der Waals surface area contributed by atoms with Gasteiger partial charge in [-0.1, -0.05) is 32.0 Å². The molecule has 0 spiro atoms. The normalized spacial score (nSPS) is 9.22. The number of nitrogen functional groups attached to an aromatic ring is 2. The van der Waals surface area contributed by atoms with Crippen LogP contribution < -0.4 is 16.2 Å². The van der Waals surface area contributed by atoms with E-state index in [0.29, 0.717) is 23.9 Å². The molecule has 1 aromatic carbocycles. The Balaban J connectivity index is 0.000000771. The molecule has 0 fully saturated rings. The monoisotopic (exact) mass is 245 g/mol. The van der Waals surface area contributed by atoms with E-state index in [1.54, 1.807) is 18.3 Å². The fourth-order valence-electron chi connectivity index (χ4n) is 1.35. The zero-order valence-electron chi connectivity index (χ0n) is 10.8. The van der Waals surface area contributed by atoms with Gasteiger partial charge in [-0.2, -0.15) is 0 Å². The van der Waals surface area contributed by atoms with E-state index in [4.69, 9.17) is 16.2 Å². The highest BCUT2D eigenvalue weighted by atomic mass is 16.5. The number of para-hydroxylation sites is 1. The van der Waals surface area contributed by atoms with Crippen LogP contribution in [0.15, 0.2) is 42.6 Å². The second-order valence-corrected chi connectivity index (χ2v) is 3.37. The van der Waals surface area contributed by atoms with Crippen LogP contribution in [0.25, 0.3) is 0 Å². The molecule has 2 aromatic rings. The number of anilines is 2. The van der Waals surface area contributed by atoms with E-state index in [9.17, 15) is 0 Å². The van der Waals surface area contributed by atoms with E-state index in [1.807, 2.05) is 38.1 Å². The molecular weight excluding hydrogens is 226 g/mol. The topological polar surface area (TPSA) is 74.2 Å². The highest BCUT2D eigenvalue weighted by Gasteiger charge is 2.02. The van der Waals surface area contributed by atoms with E-state index in [0.717, 1.165) is 5.56 Å². The van der Waals surface area contributed by atoms with Gasteiger partial charge in [0.15, 0.2) is 11.6 Å². The summed E-state index contributed by atoms with van der Waals surface area (Å²) in [6.45, 7) is 4.39. The Morgan fingerprint density at radius 1 is 1.06 bits per heavy atom. The second kappa shape index (κ2) is 7.17. The number of hydrogen-bond donors (Lipinski definition) is 2. The van der Waals surface area contributed by atoms with E-state index < -0.39 is 0 Å². The molecule has 1 aromatic heterocycles. The van der Waals surface area contributed by atoms with Crippen molar-refractivity contribution in [3.8, 4) is 5.75 Å². The summed E-state index contributed by atoms with van der Waals surface area (Å²) in [6, 6.07) is 11.1. The van der Waals surface area contributed by atoms with Crippen molar-refractivity contribution < 1.29 is 4.74 Å². The van der Waals surface area contributed by atoms with Crippen LogP contribution in [0.4, 0.5) is 11.5 Å². The molecule has 0 saturated carbocycles. The van der Waals surface area contributed by atoms with Gasteiger partial charge in [-0.15, -0.1) is 0 Å². The van der Waals surface area contributed by atoms with Crippen LogP contribution in [0.1, 0.15) is 19.4 Å². The average Bonchev–Trinajstić information content (AvgIpc) is 2.42. The van der Waals surface area contributed by atoms with Crippen molar-refractivity contribution in [2.24, 2.45) is 0 Å². The number of hydrogen-bond acceptors (Lipinski definition) is 4. The van der Waals surface area contributed by atoms with Crippen LogP contribution >= 0.6 is 0 Å². The number of rotatable bonds is 3. The highest BCUT2D eigenvalue weighted by Crippen LogP contribution is 2.20. The predicted molar refractivity (Wildman–Crippen MR) is 75.2 cm³/mol. The summed E-state index contributed by atoms with van der Waals surface area (Å²) < 4.78 is 5.54. The summed E-state index contributed by atoms with van der Waals surface area (Å²) in [6.07, 6.45) is 1.62. The lowest BCUT2D eigenvalue weighted by Crippen LogP contribution is -2.02. The Kier molecular flexibility index (Phi) is 5.51. The van der Waals surface area contributed by atoms with Gasteiger partial charge in [-0.05, 0) is 18.2 Å². The number of pyridine rings is 1. The summed E-state index contributed by atoms with van der Waals surface area (Å²) in [5.74, 6) is 0.961. The molecule has 0 aliphatic heterocycles. The molecule has 2 rings (SSSR count). The van der Waals surface area contributed by atoms with Gasteiger partial charge < -0.3 is 16.2 Å². The fourth-order valence-corrected chi connectivity index (χ4v) is 1.35. The van der Waals surface area contributed by atoms with Crippen molar-refractivity contribution in [3.05, 3.63) is 48.2 Å². The third kappa shape index (κ3) is 3.66. The highest BCUT2D eigenvalue weighted by molar-refractivity contribution is 5.48. The summed E-state index contributed by atoms with van der Waals surface area (Å²) in [5.41, 5.74) is 13.1. The zero-order valence-corrected chi connectivity index (χ0v) is 10.8. The largest absolute Gasteiger partial charge is 0.485 e. The maximum Gasteiger partial charge on any atom is 0.166 e. The molecule has 0 aliphatic rings. The van der Waals surface area contributed by atoms with Crippen LogP contribution in [0, 0.1) is 0 Å². The molecule has 4 heteroatoms. The van der Waals surface area contributed by atoms with Gasteiger partial charge in [0.1, 0.15) is 6.61 Å².